The van der Waals surface area contributed by atoms with Crippen LogP contribution in [0.3, 0.4) is 0 Å². The number of terminal acetylenes is 1. The van der Waals surface area contributed by atoms with Crippen LogP contribution >= 0.6 is 0 Å². The standard InChI is InChI=1S/C7H9N/c1-2-6-3-4-7(8)5-6/h1,5,7H,3-4,8H2/t7-/m1/s1. The Morgan fingerprint density at radius 2 is 2.62 bits per heavy atom. The number of nitrogens with two attached hydrogens (primary N) is 1. The summed E-state index contributed by atoms with van der Waals surface area (Å²) in [5, 5.41) is 0. The number of allylic oxidation sites excluding steroid dienone is 1. The molecule has 0 aromatic heterocycles. The van der Waals surface area contributed by atoms with Crippen LogP contribution in [0, 0.1) is 12.3 Å². The van der Waals surface area contributed by atoms with Gasteiger partial charge in [-0.25, -0.2) is 0 Å². The summed E-state index contributed by atoms with van der Waals surface area (Å²) in [4.78, 5) is 0. The van der Waals surface area contributed by atoms with E-state index in [-0.39, 0.29) is 6.04 Å². The molecule has 1 aliphatic carbocycles. The SMILES string of the molecule is C#CC1=C[C@H](N)CC1. The smallest absolute Gasteiger partial charge is 0.0239 e. The third-order valence-corrected chi connectivity index (χ3v) is 1.35. The van der Waals surface area contributed by atoms with Gasteiger partial charge in [0.2, 0.25) is 0 Å². The van der Waals surface area contributed by atoms with Crippen LogP contribution in [-0.4, -0.2) is 6.04 Å². The highest BCUT2D eigenvalue weighted by atomic mass is 14.6. The van der Waals surface area contributed by atoms with Crippen molar-refractivity contribution in [2.45, 2.75) is 18.9 Å². The zero-order chi connectivity index (χ0) is 5.98. The van der Waals surface area contributed by atoms with Crippen molar-refractivity contribution in [3.05, 3.63) is 11.6 Å². The van der Waals surface area contributed by atoms with Crippen molar-refractivity contribution in [2.75, 3.05) is 0 Å². The molecule has 1 rings (SSSR count). The molecule has 8 heavy (non-hydrogen) atoms. The van der Waals surface area contributed by atoms with Crippen molar-refractivity contribution in [1.29, 1.82) is 0 Å². The number of hydrogen-bond donors (Lipinski definition) is 1. The van der Waals surface area contributed by atoms with Gasteiger partial charge >= 0.3 is 0 Å². The van der Waals surface area contributed by atoms with E-state index in [1.807, 2.05) is 6.08 Å². The van der Waals surface area contributed by atoms with Crippen molar-refractivity contribution < 1.29 is 0 Å². The molecule has 0 bridgehead atoms. The fourth-order valence-corrected chi connectivity index (χ4v) is 0.868. The van der Waals surface area contributed by atoms with E-state index in [1.165, 1.54) is 0 Å². The minimum Gasteiger partial charge on any atom is -0.324 e. The lowest BCUT2D eigenvalue weighted by molar-refractivity contribution is 0.777. The van der Waals surface area contributed by atoms with Crippen molar-refractivity contribution in [2.24, 2.45) is 5.73 Å². The molecule has 0 saturated heterocycles. The average Bonchev–Trinajstić information content (AvgIpc) is 2.14. The predicted octanol–water partition coefficient (Wildman–Crippen LogP) is 0.667. The van der Waals surface area contributed by atoms with Crippen LogP contribution in [0.15, 0.2) is 11.6 Å². The molecule has 1 aliphatic rings. The topological polar surface area (TPSA) is 26.0 Å². The molecule has 0 aromatic rings. The van der Waals surface area contributed by atoms with E-state index in [1.54, 1.807) is 0 Å². The molecule has 0 saturated carbocycles. The van der Waals surface area contributed by atoms with Crippen LogP contribution in [0.25, 0.3) is 0 Å². The average molecular weight is 107 g/mol. The highest BCUT2D eigenvalue weighted by Gasteiger charge is 2.08. The summed E-state index contributed by atoms with van der Waals surface area (Å²) in [6.07, 6.45) is 9.11. The monoisotopic (exact) mass is 107 g/mol. The largest absolute Gasteiger partial charge is 0.324 e. The van der Waals surface area contributed by atoms with E-state index >= 15 is 0 Å². The van der Waals surface area contributed by atoms with Gasteiger partial charge in [-0.05, 0) is 18.4 Å². The van der Waals surface area contributed by atoms with Gasteiger partial charge in [-0.15, -0.1) is 6.42 Å². The van der Waals surface area contributed by atoms with Crippen LogP contribution in [-0.2, 0) is 0 Å². The van der Waals surface area contributed by atoms with E-state index in [9.17, 15) is 0 Å². The fraction of sp³-hybridized carbons (Fsp3) is 0.429. The third-order valence-electron chi connectivity index (χ3n) is 1.35. The molecule has 0 spiro atoms. The van der Waals surface area contributed by atoms with E-state index in [2.05, 4.69) is 5.92 Å². The molecule has 2 N–H and O–H groups in total. The van der Waals surface area contributed by atoms with Crippen LogP contribution in [0.5, 0.6) is 0 Å². The van der Waals surface area contributed by atoms with Crippen LogP contribution in [0.4, 0.5) is 0 Å². The first-order valence-corrected chi connectivity index (χ1v) is 2.76. The maximum Gasteiger partial charge on any atom is 0.0239 e. The summed E-state index contributed by atoms with van der Waals surface area (Å²) in [5.41, 5.74) is 6.60. The minimum atomic E-state index is 0.223. The molecule has 1 heteroatoms. The maximum absolute atomic E-state index is 5.53. The van der Waals surface area contributed by atoms with Gasteiger partial charge in [0.1, 0.15) is 0 Å². The van der Waals surface area contributed by atoms with Crippen molar-refractivity contribution in [1.82, 2.24) is 0 Å². The Labute approximate surface area is 49.6 Å². The highest BCUT2D eigenvalue weighted by molar-refractivity contribution is 5.30. The molecule has 0 radical (unpaired) electrons. The first kappa shape index (κ1) is 5.40. The van der Waals surface area contributed by atoms with Crippen molar-refractivity contribution in [3.63, 3.8) is 0 Å². The summed E-state index contributed by atoms with van der Waals surface area (Å²) in [6.45, 7) is 0. The summed E-state index contributed by atoms with van der Waals surface area (Å²) < 4.78 is 0. The quantitative estimate of drug-likeness (QED) is 0.452. The zero-order valence-electron chi connectivity index (χ0n) is 4.72. The van der Waals surface area contributed by atoms with E-state index in [4.69, 9.17) is 12.2 Å². The molecule has 0 amide bonds. The van der Waals surface area contributed by atoms with Gasteiger partial charge < -0.3 is 5.73 Å². The second-order valence-corrected chi connectivity index (χ2v) is 2.04. The zero-order valence-corrected chi connectivity index (χ0v) is 4.72. The first-order valence-electron chi connectivity index (χ1n) is 2.76. The molecule has 0 heterocycles. The molecular formula is C7H9N. The molecule has 0 aliphatic heterocycles. The van der Waals surface area contributed by atoms with Gasteiger partial charge in [0.05, 0.1) is 0 Å². The molecular weight excluding hydrogens is 98.1 g/mol. The van der Waals surface area contributed by atoms with Crippen LogP contribution < -0.4 is 5.73 Å². The molecule has 1 atom stereocenters. The van der Waals surface area contributed by atoms with E-state index in [0.717, 1.165) is 18.4 Å². The van der Waals surface area contributed by atoms with Gasteiger partial charge in [-0.3, -0.25) is 0 Å². The Morgan fingerprint density at radius 1 is 1.88 bits per heavy atom. The fourth-order valence-electron chi connectivity index (χ4n) is 0.868. The normalized spacial score (nSPS) is 27.0. The highest BCUT2D eigenvalue weighted by Crippen LogP contribution is 2.14. The second-order valence-electron chi connectivity index (χ2n) is 2.04. The van der Waals surface area contributed by atoms with Crippen LogP contribution in [0.2, 0.25) is 0 Å². The summed E-state index contributed by atoms with van der Waals surface area (Å²) in [6, 6.07) is 0.223. The lowest BCUT2D eigenvalue weighted by atomic mass is 10.2. The Kier molecular flexibility index (Phi) is 1.36. The van der Waals surface area contributed by atoms with Crippen molar-refractivity contribution >= 4 is 0 Å². The van der Waals surface area contributed by atoms with Gasteiger partial charge in [-0.2, -0.15) is 0 Å². The molecule has 0 fully saturated rings. The Balaban J connectivity index is 2.61. The summed E-state index contributed by atoms with van der Waals surface area (Å²) in [7, 11) is 0. The second kappa shape index (κ2) is 2.02. The lowest BCUT2D eigenvalue weighted by Crippen LogP contribution is -2.11. The first-order chi connectivity index (χ1) is 3.83. The van der Waals surface area contributed by atoms with Gasteiger partial charge in [0.25, 0.3) is 0 Å². The van der Waals surface area contributed by atoms with Gasteiger partial charge in [0.15, 0.2) is 0 Å². The van der Waals surface area contributed by atoms with Crippen LogP contribution in [0.1, 0.15) is 12.8 Å². The third kappa shape index (κ3) is 0.907. The van der Waals surface area contributed by atoms with Gasteiger partial charge in [0, 0.05) is 6.04 Å². The summed E-state index contributed by atoms with van der Waals surface area (Å²) in [5.74, 6) is 2.58. The Bertz CT molecular complexity index is 150. The lowest BCUT2D eigenvalue weighted by Gasteiger charge is -1.90. The maximum atomic E-state index is 5.53. The molecule has 42 valence electrons. The van der Waals surface area contributed by atoms with Crippen molar-refractivity contribution in [3.8, 4) is 12.3 Å². The molecule has 1 nitrogen and oxygen atoms in total. The molecule has 0 aromatic carbocycles. The Morgan fingerprint density at radius 3 is 2.88 bits per heavy atom. The minimum absolute atomic E-state index is 0.223. The van der Waals surface area contributed by atoms with E-state index in [0.29, 0.717) is 0 Å². The Hall–Kier alpha value is -0.740. The van der Waals surface area contributed by atoms with Gasteiger partial charge in [-0.1, -0.05) is 12.0 Å². The molecule has 0 unspecified atom stereocenters. The number of hydrogen-bond acceptors (Lipinski definition) is 1. The summed E-state index contributed by atoms with van der Waals surface area (Å²) >= 11 is 0. The predicted molar refractivity (Wildman–Crippen MR) is 34.1 cm³/mol. The van der Waals surface area contributed by atoms with E-state index < -0.39 is 0 Å². The number of rotatable bonds is 0.